The van der Waals surface area contributed by atoms with Crippen molar-refractivity contribution in [2.24, 2.45) is 11.7 Å². The maximum Gasteiger partial charge on any atom is 0.0109 e. The Morgan fingerprint density at radius 1 is 1.12 bits per heavy atom. The first kappa shape index (κ1) is 15.9. The SMILES string of the molecule is CCC(CC)N(CCC(C)(C)N)CC(C)C. The summed E-state index contributed by atoms with van der Waals surface area (Å²) in [6, 6.07) is 0.727. The van der Waals surface area contributed by atoms with Crippen LogP contribution in [0.2, 0.25) is 0 Å². The van der Waals surface area contributed by atoms with Gasteiger partial charge in [-0.25, -0.2) is 0 Å². The molecule has 0 radical (unpaired) electrons. The van der Waals surface area contributed by atoms with Gasteiger partial charge in [0.15, 0.2) is 0 Å². The molecule has 0 rings (SSSR count). The van der Waals surface area contributed by atoms with Crippen molar-refractivity contribution < 1.29 is 0 Å². The highest BCUT2D eigenvalue weighted by atomic mass is 15.2. The predicted molar refractivity (Wildman–Crippen MR) is 73.7 cm³/mol. The van der Waals surface area contributed by atoms with Crippen LogP contribution >= 0.6 is 0 Å². The lowest BCUT2D eigenvalue weighted by Crippen LogP contribution is -2.42. The molecule has 0 aromatic carbocycles. The van der Waals surface area contributed by atoms with E-state index in [2.05, 4.69) is 46.4 Å². The Hall–Kier alpha value is -0.0800. The summed E-state index contributed by atoms with van der Waals surface area (Å²) in [5.74, 6) is 0.737. The van der Waals surface area contributed by atoms with Crippen molar-refractivity contribution in [1.29, 1.82) is 0 Å². The minimum absolute atomic E-state index is 0.0404. The van der Waals surface area contributed by atoms with Crippen LogP contribution in [-0.2, 0) is 0 Å². The fourth-order valence-corrected chi connectivity index (χ4v) is 2.13. The molecule has 0 atom stereocenters. The van der Waals surface area contributed by atoms with Gasteiger partial charge in [-0.3, -0.25) is 0 Å². The molecule has 0 amide bonds. The first-order valence-corrected chi connectivity index (χ1v) is 6.83. The smallest absolute Gasteiger partial charge is 0.0109 e. The van der Waals surface area contributed by atoms with Crippen LogP contribution in [0.4, 0.5) is 0 Å². The molecule has 0 aromatic rings. The fourth-order valence-electron chi connectivity index (χ4n) is 2.13. The summed E-state index contributed by atoms with van der Waals surface area (Å²) in [6.07, 6.45) is 3.57. The van der Waals surface area contributed by atoms with Gasteiger partial charge in [0.05, 0.1) is 0 Å². The molecule has 0 aliphatic carbocycles. The minimum Gasteiger partial charge on any atom is -0.326 e. The molecule has 0 fully saturated rings. The Kier molecular flexibility index (Phi) is 7.25. The van der Waals surface area contributed by atoms with E-state index in [9.17, 15) is 0 Å². The van der Waals surface area contributed by atoms with Gasteiger partial charge in [0.25, 0.3) is 0 Å². The van der Waals surface area contributed by atoms with Crippen LogP contribution in [0, 0.1) is 5.92 Å². The zero-order valence-corrected chi connectivity index (χ0v) is 12.2. The van der Waals surface area contributed by atoms with E-state index in [-0.39, 0.29) is 5.54 Å². The van der Waals surface area contributed by atoms with E-state index in [0.29, 0.717) is 0 Å². The van der Waals surface area contributed by atoms with Gasteiger partial charge in [0.1, 0.15) is 0 Å². The molecular weight excluding hydrogens is 196 g/mol. The summed E-state index contributed by atoms with van der Waals surface area (Å²) in [5, 5.41) is 0. The normalized spacial score (nSPS) is 13.1. The summed E-state index contributed by atoms with van der Waals surface area (Å²) in [5.41, 5.74) is 6.03. The van der Waals surface area contributed by atoms with Crippen molar-refractivity contribution in [3.8, 4) is 0 Å². The van der Waals surface area contributed by atoms with Gasteiger partial charge in [-0.1, -0.05) is 27.7 Å². The molecule has 98 valence electrons. The lowest BCUT2D eigenvalue weighted by Gasteiger charge is -2.34. The quantitative estimate of drug-likeness (QED) is 0.691. The number of nitrogens with zero attached hydrogens (tertiary/aromatic N) is 1. The predicted octanol–water partition coefficient (Wildman–Crippen LogP) is 3.26. The van der Waals surface area contributed by atoms with Gasteiger partial charge in [-0.05, 0) is 39.0 Å². The molecular formula is C14H32N2. The van der Waals surface area contributed by atoms with E-state index in [4.69, 9.17) is 5.73 Å². The van der Waals surface area contributed by atoms with E-state index >= 15 is 0 Å². The standard InChI is InChI=1S/C14H32N2/c1-7-13(8-2)16(11-12(3)4)10-9-14(5,6)15/h12-13H,7-11,15H2,1-6H3. The maximum atomic E-state index is 6.07. The Labute approximate surface area is 103 Å². The molecule has 0 aliphatic rings. The molecule has 2 N–H and O–H groups in total. The number of hydrogen-bond acceptors (Lipinski definition) is 2. The second kappa shape index (κ2) is 7.29. The Bertz CT molecular complexity index is 166. The lowest BCUT2D eigenvalue weighted by molar-refractivity contribution is 0.154. The second-order valence-electron chi connectivity index (χ2n) is 6.10. The summed E-state index contributed by atoms with van der Waals surface area (Å²) >= 11 is 0. The van der Waals surface area contributed by atoms with Gasteiger partial charge in [0.2, 0.25) is 0 Å². The van der Waals surface area contributed by atoms with Crippen LogP contribution in [0.1, 0.15) is 60.8 Å². The lowest BCUT2D eigenvalue weighted by atomic mass is 10.00. The molecule has 0 saturated carbocycles. The molecule has 0 spiro atoms. The van der Waals surface area contributed by atoms with Gasteiger partial charge in [-0.15, -0.1) is 0 Å². The largest absolute Gasteiger partial charge is 0.326 e. The second-order valence-corrected chi connectivity index (χ2v) is 6.10. The van der Waals surface area contributed by atoms with Gasteiger partial charge >= 0.3 is 0 Å². The number of nitrogens with two attached hydrogens (primary N) is 1. The first-order valence-electron chi connectivity index (χ1n) is 6.83. The topological polar surface area (TPSA) is 29.3 Å². The van der Waals surface area contributed by atoms with Crippen molar-refractivity contribution in [3.63, 3.8) is 0 Å². The Morgan fingerprint density at radius 2 is 1.62 bits per heavy atom. The van der Waals surface area contributed by atoms with Crippen molar-refractivity contribution in [2.75, 3.05) is 13.1 Å². The summed E-state index contributed by atoms with van der Waals surface area (Å²) in [4.78, 5) is 2.62. The summed E-state index contributed by atoms with van der Waals surface area (Å²) in [7, 11) is 0. The highest BCUT2D eigenvalue weighted by Crippen LogP contribution is 2.14. The van der Waals surface area contributed by atoms with E-state index in [1.165, 1.54) is 19.4 Å². The zero-order valence-electron chi connectivity index (χ0n) is 12.2. The third-order valence-electron chi connectivity index (χ3n) is 3.10. The number of rotatable bonds is 8. The first-order chi connectivity index (χ1) is 7.30. The maximum absolute atomic E-state index is 6.07. The van der Waals surface area contributed by atoms with Crippen LogP contribution in [0.5, 0.6) is 0 Å². The average molecular weight is 228 g/mol. The molecule has 0 saturated heterocycles. The van der Waals surface area contributed by atoms with Crippen LogP contribution in [0.3, 0.4) is 0 Å². The molecule has 0 aliphatic heterocycles. The van der Waals surface area contributed by atoms with Crippen molar-refractivity contribution in [2.45, 2.75) is 72.4 Å². The molecule has 0 bridgehead atoms. The zero-order chi connectivity index (χ0) is 12.8. The molecule has 2 heteroatoms. The Morgan fingerprint density at radius 3 is 1.94 bits per heavy atom. The number of hydrogen-bond donors (Lipinski definition) is 1. The highest BCUT2D eigenvalue weighted by Gasteiger charge is 2.19. The van der Waals surface area contributed by atoms with Crippen molar-refractivity contribution in [3.05, 3.63) is 0 Å². The third-order valence-corrected chi connectivity index (χ3v) is 3.10. The minimum atomic E-state index is -0.0404. The van der Waals surface area contributed by atoms with Crippen LogP contribution < -0.4 is 5.73 Å². The fraction of sp³-hybridized carbons (Fsp3) is 1.00. The molecule has 2 nitrogen and oxygen atoms in total. The van der Waals surface area contributed by atoms with E-state index in [1.54, 1.807) is 0 Å². The summed E-state index contributed by atoms with van der Waals surface area (Å²) < 4.78 is 0. The van der Waals surface area contributed by atoms with E-state index < -0.39 is 0 Å². The molecule has 0 heterocycles. The third kappa shape index (κ3) is 7.24. The molecule has 0 unspecified atom stereocenters. The van der Waals surface area contributed by atoms with Gasteiger partial charge in [0, 0.05) is 24.7 Å². The average Bonchev–Trinajstić information content (AvgIpc) is 2.13. The van der Waals surface area contributed by atoms with E-state index in [1.807, 2.05) is 0 Å². The van der Waals surface area contributed by atoms with Crippen molar-refractivity contribution in [1.82, 2.24) is 4.90 Å². The molecule has 16 heavy (non-hydrogen) atoms. The Balaban J connectivity index is 4.30. The molecule has 0 aromatic heterocycles. The van der Waals surface area contributed by atoms with Gasteiger partial charge in [-0.2, -0.15) is 0 Å². The van der Waals surface area contributed by atoms with Crippen molar-refractivity contribution >= 4 is 0 Å². The van der Waals surface area contributed by atoms with Crippen LogP contribution in [-0.4, -0.2) is 29.6 Å². The highest BCUT2D eigenvalue weighted by molar-refractivity contribution is 4.77. The monoisotopic (exact) mass is 228 g/mol. The van der Waals surface area contributed by atoms with Gasteiger partial charge < -0.3 is 10.6 Å². The summed E-state index contributed by atoms with van der Waals surface area (Å²) in [6.45, 7) is 15.7. The van der Waals surface area contributed by atoms with Crippen LogP contribution in [0.15, 0.2) is 0 Å². The van der Waals surface area contributed by atoms with Crippen LogP contribution in [0.25, 0.3) is 0 Å². The van der Waals surface area contributed by atoms with E-state index in [0.717, 1.165) is 24.9 Å².